The Kier molecular flexibility index (Phi) is 4.73. The second-order valence-electron chi connectivity index (χ2n) is 5.10. The average molecular weight is 372 g/mol. The minimum atomic E-state index is -0.564. The molecule has 0 spiro atoms. The zero-order valence-corrected chi connectivity index (χ0v) is 14.3. The number of hydrogen-bond acceptors (Lipinski definition) is 6. The van der Waals surface area contributed by atoms with Crippen molar-refractivity contribution in [2.45, 2.75) is 0 Å². The van der Waals surface area contributed by atoms with Crippen molar-refractivity contribution in [1.29, 1.82) is 0 Å². The highest BCUT2D eigenvalue weighted by atomic mass is 32.2. The molecule has 25 heavy (non-hydrogen) atoms. The van der Waals surface area contributed by atoms with Crippen LogP contribution in [0, 0.1) is 0 Å². The van der Waals surface area contributed by atoms with Crippen LogP contribution in [0.15, 0.2) is 53.4 Å². The first-order chi connectivity index (χ1) is 11.9. The fourth-order valence-electron chi connectivity index (χ4n) is 2.14. The highest BCUT2D eigenvalue weighted by Crippen LogP contribution is 2.32. The molecule has 0 atom stereocenters. The monoisotopic (exact) mass is 372 g/mol. The standard InChI is InChI=1S/C17H12N2O4S2/c20-12-5-1-3-10(7-12)8-14-16(23)19(17(24)25-14)18-15(22)11-4-2-6-13(21)9-11/h1-9,20-21H,(H,18,22)/b14-8-. The van der Waals surface area contributed by atoms with E-state index in [9.17, 15) is 19.8 Å². The van der Waals surface area contributed by atoms with E-state index in [1.54, 1.807) is 18.2 Å². The van der Waals surface area contributed by atoms with Crippen molar-refractivity contribution >= 4 is 46.2 Å². The predicted octanol–water partition coefficient (Wildman–Crippen LogP) is 2.64. The first-order valence-electron chi connectivity index (χ1n) is 7.11. The van der Waals surface area contributed by atoms with E-state index in [4.69, 9.17) is 12.2 Å². The molecule has 0 bridgehead atoms. The predicted molar refractivity (Wildman–Crippen MR) is 98.7 cm³/mol. The van der Waals surface area contributed by atoms with Crippen LogP contribution in [-0.4, -0.2) is 31.4 Å². The molecule has 126 valence electrons. The third-order valence-corrected chi connectivity index (χ3v) is 4.59. The molecule has 1 aliphatic rings. The number of hydrogen-bond donors (Lipinski definition) is 3. The minimum absolute atomic E-state index is 0.0539. The number of phenolic OH excluding ortho intramolecular Hbond substituents is 2. The van der Waals surface area contributed by atoms with E-state index in [2.05, 4.69) is 5.43 Å². The molecule has 0 saturated carbocycles. The number of rotatable bonds is 3. The van der Waals surface area contributed by atoms with Crippen molar-refractivity contribution in [3.05, 3.63) is 64.6 Å². The summed E-state index contributed by atoms with van der Waals surface area (Å²) in [4.78, 5) is 25.0. The fourth-order valence-corrected chi connectivity index (χ4v) is 3.32. The van der Waals surface area contributed by atoms with Gasteiger partial charge in [-0.05, 0) is 54.2 Å². The summed E-state index contributed by atoms with van der Waals surface area (Å²) in [5.41, 5.74) is 3.27. The normalized spacial score (nSPS) is 15.7. The molecule has 2 aromatic rings. The van der Waals surface area contributed by atoms with E-state index >= 15 is 0 Å². The van der Waals surface area contributed by atoms with Crippen LogP contribution in [0.2, 0.25) is 0 Å². The number of aromatic hydroxyl groups is 2. The van der Waals surface area contributed by atoms with Crippen LogP contribution in [0.4, 0.5) is 0 Å². The van der Waals surface area contributed by atoms with E-state index in [1.165, 1.54) is 36.4 Å². The van der Waals surface area contributed by atoms with E-state index in [0.29, 0.717) is 10.5 Å². The summed E-state index contributed by atoms with van der Waals surface area (Å²) in [5, 5.41) is 19.9. The molecule has 1 fully saturated rings. The number of thiocarbonyl (C=S) groups is 1. The highest BCUT2D eigenvalue weighted by molar-refractivity contribution is 8.26. The summed E-state index contributed by atoms with van der Waals surface area (Å²) in [6.45, 7) is 0. The molecule has 0 unspecified atom stereocenters. The Morgan fingerprint density at radius 2 is 1.80 bits per heavy atom. The number of benzene rings is 2. The summed E-state index contributed by atoms with van der Waals surface area (Å²) in [5.74, 6) is -0.999. The van der Waals surface area contributed by atoms with E-state index in [-0.39, 0.29) is 21.4 Å². The van der Waals surface area contributed by atoms with Gasteiger partial charge in [-0.1, -0.05) is 30.0 Å². The SMILES string of the molecule is O=C(NN1C(=O)/C(=C/c2cccc(O)c2)SC1=S)c1cccc(O)c1. The molecular weight excluding hydrogens is 360 g/mol. The van der Waals surface area contributed by atoms with Gasteiger partial charge in [0.15, 0.2) is 4.32 Å². The minimum Gasteiger partial charge on any atom is -0.508 e. The number of carbonyl (C=O) groups excluding carboxylic acids is 2. The molecule has 0 aromatic heterocycles. The largest absolute Gasteiger partial charge is 0.508 e. The van der Waals surface area contributed by atoms with Gasteiger partial charge in [0, 0.05) is 5.56 Å². The maximum atomic E-state index is 12.5. The Morgan fingerprint density at radius 1 is 1.12 bits per heavy atom. The van der Waals surface area contributed by atoms with Gasteiger partial charge in [0.2, 0.25) is 0 Å². The van der Waals surface area contributed by atoms with Crippen LogP contribution in [0.3, 0.4) is 0 Å². The van der Waals surface area contributed by atoms with Crippen LogP contribution in [0.5, 0.6) is 11.5 Å². The molecule has 3 rings (SSSR count). The lowest BCUT2D eigenvalue weighted by Crippen LogP contribution is -2.44. The van der Waals surface area contributed by atoms with Crippen molar-refractivity contribution < 1.29 is 19.8 Å². The summed E-state index contributed by atoms with van der Waals surface area (Å²) in [7, 11) is 0. The molecule has 0 radical (unpaired) electrons. The van der Waals surface area contributed by atoms with Gasteiger partial charge in [-0.15, -0.1) is 0 Å². The third kappa shape index (κ3) is 3.81. The zero-order valence-electron chi connectivity index (χ0n) is 12.7. The van der Waals surface area contributed by atoms with Crippen molar-refractivity contribution in [2.24, 2.45) is 0 Å². The lowest BCUT2D eigenvalue weighted by molar-refractivity contribution is -0.123. The maximum Gasteiger partial charge on any atom is 0.285 e. The zero-order chi connectivity index (χ0) is 18.0. The highest BCUT2D eigenvalue weighted by Gasteiger charge is 2.33. The molecule has 6 nitrogen and oxygen atoms in total. The van der Waals surface area contributed by atoms with Gasteiger partial charge in [0.25, 0.3) is 11.8 Å². The summed E-state index contributed by atoms with van der Waals surface area (Å²) >= 11 is 6.19. The number of phenols is 2. The van der Waals surface area contributed by atoms with Crippen LogP contribution in [0.25, 0.3) is 6.08 Å². The van der Waals surface area contributed by atoms with Gasteiger partial charge < -0.3 is 10.2 Å². The molecule has 0 aliphatic carbocycles. The van der Waals surface area contributed by atoms with Crippen LogP contribution >= 0.6 is 24.0 Å². The number of amides is 2. The first-order valence-corrected chi connectivity index (χ1v) is 8.33. The van der Waals surface area contributed by atoms with E-state index in [0.717, 1.165) is 16.8 Å². The van der Waals surface area contributed by atoms with Crippen molar-refractivity contribution in [2.75, 3.05) is 0 Å². The van der Waals surface area contributed by atoms with E-state index < -0.39 is 11.8 Å². The summed E-state index contributed by atoms with van der Waals surface area (Å²) in [6, 6.07) is 12.2. The Bertz CT molecular complexity index is 911. The summed E-state index contributed by atoms with van der Waals surface area (Å²) in [6.07, 6.45) is 1.58. The van der Waals surface area contributed by atoms with Crippen LogP contribution in [-0.2, 0) is 4.79 Å². The lowest BCUT2D eigenvalue weighted by Gasteiger charge is -2.15. The van der Waals surface area contributed by atoms with Crippen molar-refractivity contribution in [1.82, 2.24) is 10.4 Å². The van der Waals surface area contributed by atoms with Gasteiger partial charge in [-0.3, -0.25) is 15.0 Å². The number of nitrogens with zero attached hydrogens (tertiary/aromatic N) is 1. The van der Waals surface area contributed by atoms with Gasteiger partial charge in [0.05, 0.1) is 4.91 Å². The Balaban J connectivity index is 1.78. The topological polar surface area (TPSA) is 89.9 Å². The Morgan fingerprint density at radius 3 is 2.48 bits per heavy atom. The molecule has 1 heterocycles. The molecule has 1 aliphatic heterocycles. The Labute approximate surface area is 152 Å². The number of hydrazine groups is 1. The fraction of sp³-hybridized carbons (Fsp3) is 0. The number of nitrogens with one attached hydrogen (secondary N) is 1. The van der Waals surface area contributed by atoms with Gasteiger partial charge in [-0.2, -0.15) is 5.01 Å². The van der Waals surface area contributed by atoms with Crippen LogP contribution < -0.4 is 5.43 Å². The quantitative estimate of drug-likeness (QED) is 0.567. The Hall–Kier alpha value is -2.84. The van der Waals surface area contributed by atoms with Gasteiger partial charge in [-0.25, -0.2) is 0 Å². The maximum absolute atomic E-state index is 12.5. The van der Waals surface area contributed by atoms with E-state index in [1.807, 2.05) is 0 Å². The molecule has 3 N–H and O–H groups in total. The third-order valence-electron chi connectivity index (χ3n) is 3.28. The smallest absolute Gasteiger partial charge is 0.285 e. The molecule has 2 aromatic carbocycles. The lowest BCUT2D eigenvalue weighted by atomic mass is 10.2. The second kappa shape index (κ2) is 6.96. The number of carbonyl (C=O) groups is 2. The van der Waals surface area contributed by atoms with Gasteiger partial charge in [0.1, 0.15) is 11.5 Å². The molecule has 8 heteroatoms. The average Bonchev–Trinajstić information content (AvgIpc) is 2.82. The summed E-state index contributed by atoms with van der Waals surface area (Å²) < 4.78 is 0.185. The second-order valence-corrected chi connectivity index (χ2v) is 6.78. The molecule has 2 amide bonds. The molecule has 1 saturated heterocycles. The van der Waals surface area contributed by atoms with Crippen molar-refractivity contribution in [3.63, 3.8) is 0 Å². The van der Waals surface area contributed by atoms with Crippen LogP contribution in [0.1, 0.15) is 15.9 Å². The number of thioether (sulfide) groups is 1. The molecular formula is C17H12N2O4S2. The van der Waals surface area contributed by atoms with Gasteiger partial charge >= 0.3 is 0 Å². The first kappa shape index (κ1) is 17.0. The van der Waals surface area contributed by atoms with Crippen molar-refractivity contribution in [3.8, 4) is 11.5 Å².